The van der Waals surface area contributed by atoms with Crippen molar-refractivity contribution >= 4 is 11.4 Å². The van der Waals surface area contributed by atoms with Crippen molar-refractivity contribution in [1.82, 2.24) is 0 Å². The Balaban J connectivity index is 0.000000120. The number of hydrogen-bond donors (Lipinski definition) is 0. The summed E-state index contributed by atoms with van der Waals surface area (Å²) in [4.78, 5) is 8.12. The van der Waals surface area contributed by atoms with Gasteiger partial charge in [-0.05, 0) is 26.7 Å². The van der Waals surface area contributed by atoms with Crippen LogP contribution in [-0.4, -0.2) is 18.0 Å². The van der Waals surface area contributed by atoms with Crippen LogP contribution in [0.4, 0.5) is 0 Å². The molecule has 0 saturated carbocycles. The van der Waals surface area contributed by atoms with Gasteiger partial charge in [0.25, 0.3) is 0 Å². The van der Waals surface area contributed by atoms with Crippen LogP contribution in [0.15, 0.2) is 22.3 Å². The van der Waals surface area contributed by atoms with E-state index in [0.717, 1.165) is 13.0 Å². The molecule has 2 aliphatic rings. The molecule has 0 saturated heterocycles. The molecule has 66 valence electrons. The minimum absolute atomic E-state index is 1.06. The van der Waals surface area contributed by atoms with Crippen LogP contribution in [0.2, 0.25) is 0 Å². The van der Waals surface area contributed by atoms with Gasteiger partial charge in [-0.25, -0.2) is 0 Å². The summed E-state index contributed by atoms with van der Waals surface area (Å²) < 4.78 is 0. The summed E-state index contributed by atoms with van der Waals surface area (Å²) in [6, 6.07) is 0. The first-order chi connectivity index (χ1) is 5.79. The number of rotatable bonds is 0. The lowest BCUT2D eigenvalue weighted by Crippen LogP contribution is -1.78. The summed E-state index contributed by atoms with van der Waals surface area (Å²) in [5.74, 6) is 0. The van der Waals surface area contributed by atoms with E-state index >= 15 is 0 Å². The van der Waals surface area contributed by atoms with Crippen LogP contribution in [0, 0.1) is 0 Å². The Morgan fingerprint density at radius 3 is 2.25 bits per heavy atom. The van der Waals surface area contributed by atoms with E-state index in [1.54, 1.807) is 0 Å². The third-order valence-electron chi connectivity index (χ3n) is 1.89. The summed E-state index contributed by atoms with van der Waals surface area (Å²) in [7, 11) is 0. The van der Waals surface area contributed by atoms with E-state index in [0.29, 0.717) is 0 Å². The number of nitrogens with zero attached hydrogens (tertiary/aromatic N) is 2. The molecule has 12 heavy (non-hydrogen) atoms. The van der Waals surface area contributed by atoms with Gasteiger partial charge in [-0.15, -0.1) is 0 Å². The normalized spacial score (nSPS) is 19.8. The molecule has 0 amide bonds. The Kier molecular flexibility index (Phi) is 3.71. The lowest BCUT2D eigenvalue weighted by Gasteiger charge is -1.76. The van der Waals surface area contributed by atoms with Gasteiger partial charge in [0.1, 0.15) is 0 Å². The molecule has 2 nitrogen and oxygen atoms in total. The van der Waals surface area contributed by atoms with E-state index < -0.39 is 0 Å². The largest absolute Gasteiger partial charge is 0.294 e. The van der Waals surface area contributed by atoms with Crippen molar-refractivity contribution in [1.29, 1.82) is 0 Å². The quantitative estimate of drug-likeness (QED) is 0.526. The second kappa shape index (κ2) is 4.86. The van der Waals surface area contributed by atoms with Crippen LogP contribution < -0.4 is 0 Å². The molecule has 0 aliphatic carbocycles. The zero-order valence-corrected chi connectivity index (χ0v) is 7.88. The highest BCUT2D eigenvalue weighted by Gasteiger charge is 1.96. The fourth-order valence-corrected chi connectivity index (χ4v) is 1.14. The lowest BCUT2D eigenvalue weighted by atomic mass is 10.3. The highest BCUT2D eigenvalue weighted by atomic mass is 14.7. The summed E-state index contributed by atoms with van der Waals surface area (Å²) in [5, 5.41) is 0. The van der Waals surface area contributed by atoms with Crippen molar-refractivity contribution in [2.75, 3.05) is 6.54 Å². The van der Waals surface area contributed by atoms with E-state index in [9.17, 15) is 0 Å². The van der Waals surface area contributed by atoms with E-state index in [1.807, 2.05) is 13.1 Å². The Morgan fingerprint density at radius 1 is 1.25 bits per heavy atom. The van der Waals surface area contributed by atoms with Gasteiger partial charge in [0.05, 0.1) is 0 Å². The van der Waals surface area contributed by atoms with Crippen LogP contribution >= 0.6 is 0 Å². The molecule has 2 aliphatic heterocycles. The molecule has 0 atom stereocenters. The molecule has 0 aromatic rings. The topological polar surface area (TPSA) is 24.7 Å². The van der Waals surface area contributed by atoms with Crippen molar-refractivity contribution in [3.63, 3.8) is 0 Å². The van der Waals surface area contributed by atoms with Gasteiger partial charge in [0.2, 0.25) is 0 Å². The predicted octanol–water partition coefficient (Wildman–Crippen LogP) is 2.61. The van der Waals surface area contributed by atoms with E-state index in [2.05, 4.69) is 23.0 Å². The standard InChI is InChI=1S/C5H9N.C5H7N/c2*1-5-3-2-4-6-5/h2-4H2,1H3;2,4H,3H2,1H3. The van der Waals surface area contributed by atoms with Crippen molar-refractivity contribution in [2.24, 2.45) is 9.98 Å². The van der Waals surface area contributed by atoms with E-state index in [-0.39, 0.29) is 0 Å². The molecule has 0 aromatic heterocycles. The summed E-state index contributed by atoms with van der Waals surface area (Å²) >= 11 is 0. The number of allylic oxidation sites excluding steroid dienone is 1. The SMILES string of the molecule is CC1=NC=CC1.CC1=NCCC1. The fourth-order valence-electron chi connectivity index (χ4n) is 1.14. The van der Waals surface area contributed by atoms with Gasteiger partial charge in [0.15, 0.2) is 0 Å². The molecule has 0 aromatic carbocycles. The molecule has 0 bridgehead atoms. The zero-order valence-electron chi connectivity index (χ0n) is 7.88. The van der Waals surface area contributed by atoms with Crippen molar-refractivity contribution in [3.05, 3.63) is 12.3 Å². The van der Waals surface area contributed by atoms with Gasteiger partial charge in [0, 0.05) is 30.6 Å². The van der Waals surface area contributed by atoms with E-state index in [1.165, 1.54) is 24.3 Å². The molecule has 0 fully saturated rings. The third-order valence-corrected chi connectivity index (χ3v) is 1.89. The maximum absolute atomic E-state index is 4.15. The maximum atomic E-state index is 4.15. The van der Waals surface area contributed by atoms with Crippen molar-refractivity contribution < 1.29 is 0 Å². The third kappa shape index (κ3) is 3.46. The Morgan fingerprint density at radius 2 is 2.08 bits per heavy atom. The van der Waals surface area contributed by atoms with Crippen LogP contribution in [0.3, 0.4) is 0 Å². The summed E-state index contributed by atoms with van der Waals surface area (Å²) in [5.41, 5.74) is 2.55. The van der Waals surface area contributed by atoms with Crippen LogP contribution in [0.1, 0.15) is 33.1 Å². The molecule has 2 rings (SSSR count). The highest BCUT2D eigenvalue weighted by Crippen LogP contribution is 2.00. The molecule has 0 unspecified atom stereocenters. The monoisotopic (exact) mass is 164 g/mol. The van der Waals surface area contributed by atoms with Gasteiger partial charge >= 0.3 is 0 Å². The highest BCUT2D eigenvalue weighted by molar-refractivity contribution is 5.85. The minimum Gasteiger partial charge on any atom is -0.294 e. The average molecular weight is 164 g/mol. The maximum Gasteiger partial charge on any atom is 0.0392 e. The van der Waals surface area contributed by atoms with Crippen LogP contribution in [0.5, 0.6) is 0 Å². The number of hydrogen-bond acceptors (Lipinski definition) is 2. The first-order valence-corrected chi connectivity index (χ1v) is 4.47. The Labute approximate surface area is 74.1 Å². The molecular weight excluding hydrogens is 148 g/mol. The van der Waals surface area contributed by atoms with Crippen molar-refractivity contribution in [3.8, 4) is 0 Å². The first kappa shape index (κ1) is 9.17. The zero-order chi connectivity index (χ0) is 8.81. The Bertz CT molecular complexity index is 224. The van der Waals surface area contributed by atoms with Crippen molar-refractivity contribution in [2.45, 2.75) is 33.1 Å². The summed E-state index contributed by atoms with van der Waals surface area (Å²) in [6.45, 7) is 5.19. The summed E-state index contributed by atoms with van der Waals surface area (Å²) in [6.07, 6.45) is 7.47. The molecular formula is C10H16N2. The molecule has 2 heteroatoms. The molecule has 2 heterocycles. The first-order valence-electron chi connectivity index (χ1n) is 4.47. The average Bonchev–Trinajstić information content (AvgIpc) is 2.63. The van der Waals surface area contributed by atoms with Gasteiger partial charge < -0.3 is 0 Å². The van der Waals surface area contributed by atoms with Crippen LogP contribution in [0.25, 0.3) is 0 Å². The molecule has 0 N–H and O–H groups in total. The molecule has 0 radical (unpaired) electrons. The van der Waals surface area contributed by atoms with Gasteiger partial charge in [-0.2, -0.15) is 0 Å². The predicted molar refractivity (Wildman–Crippen MR) is 54.1 cm³/mol. The smallest absolute Gasteiger partial charge is 0.0392 e. The van der Waals surface area contributed by atoms with E-state index in [4.69, 9.17) is 0 Å². The second-order valence-corrected chi connectivity index (χ2v) is 3.17. The van der Waals surface area contributed by atoms with Crippen LogP contribution in [-0.2, 0) is 0 Å². The molecule has 0 spiro atoms. The van der Waals surface area contributed by atoms with Gasteiger partial charge in [-0.3, -0.25) is 9.98 Å². The fraction of sp³-hybridized carbons (Fsp3) is 0.600. The van der Waals surface area contributed by atoms with Gasteiger partial charge in [-0.1, -0.05) is 6.08 Å². The number of aliphatic imine (C=N–C) groups is 2. The lowest BCUT2D eigenvalue weighted by molar-refractivity contribution is 0.951. The minimum atomic E-state index is 1.06. The Hall–Kier alpha value is -0.920. The second-order valence-electron chi connectivity index (χ2n) is 3.17.